The highest BCUT2D eigenvalue weighted by Crippen LogP contribution is 2.40. The van der Waals surface area contributed by atoms with Gasteiger partial charge in [-0.2, -0.15) is 0 Å². The Morgan fingerprint density at radius 2 is 1.88 bits per heavy atom. The lowest BCUT2D eigenvalue weighted by Crippen LogP contribution is -2.57. The fourth-order valence-electron chi connectivity index (χ4n) is 4.47. The van der Waals surface area contributed by atoms with Crippen molar-refractivity contribution in [2.24, 2.45) is 0 Å². The van der Waals surface area contributed by atoms with Gasteiger partial charge >= 0.3 is 0 Å². The van der Waals surface area contributed by atoms with E-state index in [1.54, 1.807) is 12.1 Å². The van der Waals surface area contributed by atoms with Gasteiger partial charge in [0.25, 0.3) is 0 Å². The molecule has 0 aromatic heterocycles. The number of anilines is 2. The predicted octanol–water partition coefficient (Wildman–Crippen LogP) is 2.27. The van der Waals surface area contributed by atoms with Crippen molar-refractivity contribution in [3.05, 3.63) is 53.6 Å². The Hall–Kier alpha value is -2.91. The van der Waals surface area contributed by atoms with E-state index in [-0.39, 0.29) is 29.3 Å². The molecule has 2 amide bonds. The van der Waals surface area contributed by atoms with E-state index in [2.05, 4.69) is 10.2 Å². The van der Waals surface area contributed by atoms with Crippen molar-refractivity contribution in [1.29, 1.82) is 0 Å². The van der Waals surface area contributed by atoms with Gasteiger partial charge in [0.05, 0.1) is 16.3 Å². The smallest absolute Gasteiger partial charge is 0.250 e. The summed E-state index contributed by atoms with van der Waals surface area (Å²) in [5.74, 6) is -0.449. The van der Waals surface area contributed by atoms with Crippen LogP contribution in [0.4, 0.5) is 11.4 Å². The number of carbonyl (C=O) groups is 2. The van der Waals surface area contributed by atoms with Crippen molar-refractivity contribution in [1.82, 2.24) is 9.62 Å². The average Bonchev–Trinajstić information content (AvgIpc) is 2.80. The number of sulfonamides is 1. The molecular formula is C24H30N4O4S. The number of hydrogen-bond acceptors (Lipinski definition) is 5. The van der Waals surface area contributed by atoms with Crippen molar-refractivity contribution < 1.29 is 18.0 Å². The minimum absolute atomic E-state index is 0.0971. The molecule has 0 radical (unpaired) electrons. The summed E-state index contributed by atoms with van der Waals surface area (Å²) in [5, 5.41) is 2.90. The first-order chi connectivity index (χ1) is 15.7. The highest BCUT2D eigenvalue weighted by molar-refractivity contribution is 7.89. The van der Waals surface area contributed by atoms with E-state index in [0.29, 0.717) is 12.2 Å². The fourth-order valence-corrected chi connectivity index (χ4v) is 5.40. The summed E-state index contributed by atoms with van der Waals surface area (Å²) in [6.07, 6.45) is 2.64. The van der Waals surface area contributed by atoms with E-state index >= 15 is 0 Å². The Labute approximate surface area is 195 Å². The van der Waals surface area contributed by atoms with Gasteiger partial charge in [-0.25, -0.2) is 12.7 Å². The molecule has 4 rings (SSSR count). The summed E-state index contributed by atoms with van der Waals surface area (Å²) < 4.78 is 26.6. The van der Waals surface area contributed by atoms with Crippen LogP contribution >= 0.6 is 0 Å². The molecule has 176 valence electrons. The Balaban J connectivity index is 1.64. The molecule has 0 aliphatic carbocycles. The van der Waals surface area contributed by atoms with Crippen LogP contribution in [0.5, 0.6) is 0 Å². The van der Waals surface area contributed by atoms with Crippen LogP contribution in [0.2, 0.25) is 0 Å². The normalized spacial score (nSPS) is 18.2. The highest BCUT2D eigenvalue weighted by atomic mass is 32.2. The molecule has 9 heteroatoms. The molecule has 2 aliphatic heterocycles. The molecule has 8 nitrogen and oxygen atoms in total. The number of nitrogens with zero attached hydrogens (tertiary/aromatic N) is 3. The molecule has 2 aliphatic rings. The molecule has 2 aromatic carbocycles. The van der Waals surface area contributed by atoms with Gasteiger partial charge in [-0.05, 0) is 55.5 Å². The number of fused-ring (bicyclic) bond motifs is 3. The number of nitrogens with one attached hydrogen (secondary N) is 1. The standard InChI is InChI=1S/C24H30N4O4S/c1-17-8-4-5-9-18(17)15-25-23(29)16-28-22-14-19(33(31,32)26(2)3)11-12-20(22)27-13-7-6-10-21(27)24(28)30/h4-5,8-9,11-12,14,21H,6-7,10,13,15-16H2,1-3H3,(H,25,29). The molecule has 1 saturated heterocycles. The van der Waals surface area contributed by atoms with E-state index in [4.69, 9.17) is 0 Å². The lowest BCUT2D eigenvalue weighted by atomic mass is 9.96. The van der Waals surface area contributed by atoms with Crippen molar-refractivity contribution in [3.8, 4) is 0 Å². The zero-order valence-electron chi connectivity index (χ0n) is 19.2. The van der Waals surface area contributed by atoms with Crippen LogP contribution < -0.4 is 15.1 Å². The minimum Gasteiger partial charge on any atom is -0.358 e. The third-order valence-electron chi connectivity index (χ3n) is 6.42. The molecule has 0 saturated carbocycles. The molecule has 0 bridgehead atoms. The van der Waals surface area contributed by atoms with Crippen LogP contribution in [0.25, 0.3) is 0 Å². The third-order valence-corrected chi connectivity index (χ3v) is 8.23. The maximum absolute atomic E-state index is 13.4. The van der Waals surface area contributed by atoms with E-state index in [1.165, 1.54) is 25.1 Å². The van der Waals surface area contributed by atoms with Crippen molar-refractivity contribution in [2.75, 3.05) is 37.0 Å². The summed E-state index contributed by atoms with van der Waals surface area (Å²) in [5.41, 5.74) is 3.35. The number of amides is 2. The number of carbonyl (C=O) groups excluding carboxylic acids is 2. The zero-order chi connectivity index (χ0) is 23.8. The molecule has 0 spiro atoms. The monoisotopic (exact) mass is 470 g/mol. The largest absolute Gasteiger partial charge is 0.358 e. The second-order valence-electron chi connectivity index (χ2n) is 8.77. The molecule has 2 heterocycles. The number of piperidine rings is 1. The first-order valence-electron chi connectivity index (χ1n) is 11.2. The van der Waals surface area contributed by atoms with Crippen LogP contribution in [0.15, 0.2) is 47.4 Å². The summed E-state index contributed by atoms with van der Waals surface area (Å²) in [6, 6.07) is 12.3. The number of rotatable bonds is 6. The van der Waals surface area contributed by atoms with E-state index < -0.39 is 10.0 Å². The van der Waals surface area contributed by atoms with Gasteiger partial charge in [-0.3, -0.25) is 14.5 Å². The number of aryl methyl sites for hydroxylation is 1. The van der Waals surface area contributed by atoms with Crippen LogP contribution in [0.1, 0.15) is 30.4 Å². The van der Waals surface area contributed by atoms with Crippen molar-refractivity contribution in [2.45, 2.75) is 43.7 Å². The van der Waals surface area contributed by atoms with E-state index in [0.717, 1.165) is 46.9 Å². The molecule has 1 fully saturated rings. The Morgan fingerprint density at radius 3 is 2.61 bits per heavy atom. The summed E-state index contributed by atoms with van der Waals surface area (Å²) in [7, 11) is -0.745. The van der Waals surface area contributed by atoms with Crippen molar-refractivity contribution in [3.63, 3.8) is 0 Å². The molecule has 1 atom stereocenters. The second kappa shape index (κ2) is 9.15. The first kappa shape index (κ1) is 23.3. The third kappa shape index (κ3) is 4.47. The zero-order valence-corrected chi connectivity index (χ0v) is 20.1. The second-order valence-corrected chi connectivity index (χ2v) is 10.9. The summed E-state index contributed by atoms with van der Waals surface area (Å²) in [4.78, 5) is 29.9. The summed E-state index contributed by atoms with van der Waals surface area (Å²) >= 11 is 0. The molecule has 1 N–H and O–H groups in total. The molecule has 1 unspecified atom stereocenters. The number of benzene rings is 2. The maximum Gasteiger partial charge on any atom is 0.250 e. The Kier molecular flexibility index (Phi) is 6.45. The lowest BCUT2D eigenvalue weighted by molar-refractivity contribution is -0.125. The average molecular weight is 471 g/mol. The van der Waals surface area contributed by atoms with Crippen LogP contribution in [-0.4, -0.2) is 57.8 Å². The number of hydrogen-bond donors (Lipinski definition) is 1. The van der Waals surface area contributed by atoms with Gasteiger partial charge in [-0.1, -0.05) is 24.3 Å². The van der Waals surface area contributed by atoms with E-state index in [9.17, 15) is 18.0 Å². The van der Waals surface area contributed by atoms with Crippen molar-refractivity contribution >= 4 is 33.2 Å². The molecule has 33 heavy (non-hydrogen) atoms. The minimum atomic E-state index is -3.68. The van der Waals surface area contributed by atoms with E-state index in [1.807, 2.05) is 31.2 Å². The Morgan fingerprint density at radius 1 is 1.12 bits per heavy atom. The van der Waals surface area contributed by atoms with Gasteiger partial charge in [0.15, 0.2) is 0 Å². The van der Waals surface area contributed by atoms with Crippen LogP contribution in [-0.2, 0) is 26.2 Å². The highest BCUT2D eigenvalue weighted by Gasteiger charge is 2.40. The lowest BCUT2D eigenvalue weighted by Gasteiger charge is -2.45. The Bertz CT molecular complexity index is 1180. The predicted molar refractivity (Wildman–Crippen MR) is 128 cm³/mol. The summed E-state index contributed by atoms with van der Waals surface area (Å²) in [6.45, 7) is 2.92. The van der Waals surface area contributed by atoms with Crippen LogP contribution in [0.3, 0.4) is 0 Å². The van der Waals surface area contributed by atoms with Gasteiger partial charge in [0.1, 0.15) is 12.6 Å². The molecule has 2 aromatic rings. The van der Waals surface area contributed by atoms with Crippen LogP contribution in [0, 0.1) is 6.92 Å². The van der Waals surface area contributed by atoms with Gasteiger partial charge in [0, 0.05) is 27.2 Å². The quantitative estimate of drug-likeness (QED) is 0.700. The van der Waals surface area contributed by atoms with Gasteiger partial charge in [-0.15, -0.1) is 0 Å². The SMILES string of the molecule is Cc1ccccc1CNC(=O)CN1C(=O)C2CCCCN2c2ccc(S(=O)(=O)N(C)C)cc21. The first-order valence-corrected chi connectivity index (χ1v) is 12.6. The van der Waals surface area contributed by atoms with Gasteiger partial charge in [0.2, 0.25) is 21.8 Å². The maximum atomic E-state index is 13.4. The fraction of sp³-hybridized carbons (Fsp3) is 0.417. The molecular weight excluding hydrogens is 440 g/mol. The van der Waals surface area contributed by atoms with Gasteiger partial charge < -0.3 is 10.2 Å². The topological polar surface area (TPSA) is 90.0 Å².